The normalized spacial score (nSPS) is 11.6. The molecular formula is C39H41N2OSi+. The molecule has 0 fully saturated rings. The molecule has 0 amide bonds. The lowest BCUT2D eigenvalue weighted by atomic mass is 9.98. The van der Waals surface area contributed by atoms with E-state index in [9.17, 15) is 5.26 Å². The van der Waals surface area contributed by atoms with Crippen molar-refractivity contribution in [2.45, 2.75) is 58.2 Å². The van der Waals surface area contributed by atoms with Crippen LogP contribution in [0.2, 0.25) is 16.6 Å². The highest BCUT2D eigenvalue weighted by atomic mass is 28.4. The number of rotatable bonds is 9. The molecule has 0 aliphatic rings. The molecule has 0 atom stereocenters. The molecule has 43 heavy (non-hydrogen) atoms. The Labute approximate surface area is 258 Å². The fourth-order valence-corrected chi connectivity index (χ4v) is 11.9. The largest absolute Gasteiger partial charge is 0.543 e. The Morgan fingerprint density at radius 2 is 1.02 bits per heavy atom. The number of aromatic nitrogens is 1. The molecule has 216 valence electrons. The molecule has 4 heteroatoms. The van der Waals surface area contributed by atoms with Gasteiger partial charge in [-0.25, -0.2) is 0 Å². The molecule has 1 aromatic heterocycles. The molecule has 0 saturated heterocycles. The number of nitriles is 1. The lowest BCUT2D eigenvalue weighted by Gasteiger charge is -2.42. The second-order valence-electron chi connectivity index (χ2n) is 12.2. The summed E-state index contributed by atoms with van der Waals surface area (Å²) in [5.41, 5.74) is 9.84. The summed E-state index contributed by atoms with van der Waals surface area (Å²) in [5, 5.41) is 9.35. The van der Waals surface area contributed by atoms with Crippen molar-refractivity contribution in [3.63, 3.8) is 0 Å². The van der Waals surface area contributed by atoms with E-state index in [4.69, 9.17) is 4.43 Å². The fourth-order valence-electron chi connectivity index (χ4n) is 6.64. The number of nitrogens with zero attached hydrogens (tertiary/aromatic N) is 2. The number of hydrogen-bond acceptors (Lipinski definition) is 2. The van der Waals surface area contributed by atoms with Crippen LogP contribution in [0.1, 0.15) is 47.1 Å². The Morgan fingerprint density at radius 1 is 0.558 bits per heavy atom. The number of pyridine rings is 1. The first-order chi connectivity index (χ1) is 20.7. The topological polar surface area (TPSA) is 36.9 Å². The highest BCUT2D eigenvalue weighted by molar-refractivity contribution is 6.78. The molecule has 1 heterocycles. The Kier molecular flexibility index (Phi) is 8.94. The van der Waals surface area contributed by atoms with Gasteiger partial charge in [-0.2, -0.15) is 9.83 Å². The van der Waals surface area contributed by atoms with Gasteiger partial charge in [-0.1, -0.05) is 90.1 Å². The van der Waals surface area contributed by atoms with Crippen LogP contribution in [0.4, 0.5) is 0 Å². The Balaban J connectivity index is 1.71. The summed E-state index contributed by atoms with van der Waals surface area (Å²) >= 11 is 0. The third-order valence-electron chi connectivity index (χ3n) is 8.65. The van der Waals surface area contributed by atoms with Gasteiger partial charge in [0.15, 0.2) is 0 Å². The summed E-state index contributed by atoms with van der Waals surface area (Å²) in [6.45, 7) is 13.9. The molecule has 0 saturated carbocycles. The van der Waals surface area contributed by atoms with Gasteiger partial charge in [-0.3, -0.25) is 0 Å². The summed E-state index contributed by atoms with van der Waals surface area (Å²) in [6.07, 6.45) is 0. The maximum Gasteiger partial charge on any atom is 0.258 e. The molecule has 0 aliphatic heterocycles. The first kappa shape index (κ1) is 30.0. The van der Waals surface area contributed by atoms with Crippen LogP contribution in [0.3, 0.4) is 0 Å². The van der Waals surface area contributed by atoms with Crippen LogP contribution in [-0.4, -0.2) is 8.32 Å². The van der Waals surface area contributed by atoms with Crippen LogP contribution in [0.15, 0.2) is 121 Å². The zero-order valence-electron chi connectivity index (χ0n) is 26.1. The zero-order valence-corrected chi connectivity index (χ0v) is 27.1. The fraction of sp³-hybridized carbons (Fsp3) is 0.231. The van der Waals surface area contributed by atoms with Gasteiger partial charge in [0.2, 0.25) is 17.1 Å². The van der Waals surface area contributed by atoms with Crippen LogP contribution in [-0.2, 0) is 0 Å². The van der Waals surface area contributed by atoms with E-state index in [0.717, 1.165) is 45.1 Å². The standard InChI is InChI=1S/C39H41N2OSi/c1-28(2)43(29(3)4,30(5)6)42-37-23-21-36(22-24-37)41-38(33-13-9-7-10-14-33)25-35(32-19-17-31(27-40)18-20-32)26-39(41)34-15-11-8-12-16-34/h7-26,28-30H,1-6H3/q+1. The van der Waals surface area contributed by atoms with Gasteiger partial charge in [0, 0.05) is 35.4 Å². The SMILES string of the molecule is CC(C)[Si](Oc1ccc(-[n+]2c(-c3ccccc3)cc(-c3ccc(C#N)cc3)cc2-c2ccccc2)cc1)(C(C)C)C(C)C. The van der Waals surface area contributed by atoms with Crippen LogP contribution in [0, 0.1) is 11.3 Å². The van der Waals surface area contributed by atoms with Crippen LogP contribution in [0.5, 0.6) is 5.75 Å². The predicted octanol–water partition coefficient (Wildman–Crippen LogP) is 10.4. The highest BCUT2D eigenvalue weighted by Gasteiger charge is 2.47. The third-order valence-corrected chi connectivity index (χ3v) is 14.7. The second kappa shape index (κ2) is 12.8. The summed E-state index contributed by atoms with van der Waals surface area (Å²) in [6, 6.07) is 44.3. The van der Waals surface area contributed by atoms with Crippen LogP contribution in [0.25, 0.3) is 39.3 Å². The van der Waals surface area contributed by atoms with Crippen molar-refractivity contribution >= 4 is 8.32 Å². The van der Waals surface area contributed by atoms with Crippen molar-refractivity contribution in [1.82, 2.24) is 0 Å². The van der Waals surface area contributed by atoms with Crippen molar-refractivity contribution in [2.24, 2.45) is 0 Å². The summed E-state index contributed by atoms with van der Waals surface area (Å²) < 4.78 is 9.36. The lowest BCUT2D eigenvalue weighted by Crippen LogP contribution is -2.50. The lowest BCUT2D eigenvalue weighted by molar-refractivity contribution is -0.572. The number of benzene rings is 4. The van der Waals surface area contributed by atoms with Crippen molar-refractivity contribution < 1.29 is 8.99 Å². The smallest absolute Gasteiger partial charge is 0.258 e. The molecule has 5 rings (SSSR count). The van der Waals surface area contributed by atoms with Gasteiger partial charge >= 0.3 is 0 Å². The van der Waals surface area contributed by atoms with Gasteiger partial charge < -0.3 is 4.43 Å². The highest BCUT2D eigenvalue weighted by Crippen LogP contribution is 2.43. The monoisotopic (exact) mass is 581 g/mol. The zero-order chi connectivity index (χ0) is 30.6. The summed E-state index contributed by atoms with van der Waals surface area (Å²) in [5.74, 6) is 0.948. The van der Waals surface area contributed by atoms with E-state index in [0.29, 0.717) is 22.2 Å². The van der Waals surface area contributed by atoms with E-state index in [-0.39, 0.29) is 0 Å². The number of hydrogen-bond donors (Lipinski definition) is 0. The summed E-state index contributed by atoms with van der Waals surface area (Å²) in [4.78, 5) is 0. The molecule has 0 spiro atoms. The van der Waals surface area contributed by atoms with Crippen molar-refractivity contribution in [2.75, 3.05) is 0 Å². The van der Waals surface area contributed by atoms with E-state index in [1.165, 1.54) is 0 Å². The quantitative estimate of drug-likeness (QED) is 0.128. The predicted molar refractivity (Wildman–Crippen MR) is 181 cm³/mol. The van der Waals surface area contributed by atoms with Gasteiger partial charge in [-0.15, -0.1) is 0 Å². The second-order valence-corrected chi connectivity index (χ2v) is 17.6. The average Bonchev–Trinajstić information content (AvgIpc) is 3.03. The molecule has 5 aromatic rings. The molecule has 0 radical (unpaired) electrons. The van der Waals surface area contributed by atoms with E-state index < -0.39 is 8.32 Å². The third kappa shape index (κ3) is 6.05. The van der Waals surface area contributed by atoms with E-state index in [2.05, 4.69) is 149 Å². The van der Waals surface area contributed by atoms with Crippen molar-refractivity contribution in [3.8, 4) is 51.1 Å². The van der Waals surface area contributed by atoms with Gasteiger partial charge in [0.05, 0.1) is 11.6 Å². The average molecular weight is 582 g/mol. The van der Waals surface area contributed by atoms with Crippen molar-refractivity contribution in [3.05, 3.63) is 127 Å². The maximum absolute atomic E-state index is 9.35. The molecule has 3 nitrogen and oxygen atoms in total. The Hall–Kier alpha value is -4.46. The van der Waals surface area contributed by atoms with Gasteiger partial charge in [-0.05, 0) is 76.3 Å². The molecule has 0 unspecified atom stereocenters. The maximum atomic E-state index is 9.35. The minimum Gasteiger partial charge on any atom is -0.543 e. The molecule has 0 bridgehead atoms. The van der Waals surface area contributed by atoms with Crippen molar-refractivity contribution in [1.29, 1.82) is 5.26 Å². The Morgan fingerprint density at radius 3 is 1.44 bits per heavy atom. The van der Waals surface area contributed by atoms with Gasteiger partial charge in [0.1, 0.15) is 5.75 Å². The minimum absolute atomic E-state index is 0.505. The molecular weight excluding hydrogens is 541 g/mol. The van der Waals surface area contributed by atoms with E-state index in [1.54, 1.807) is 0 Å². The van der Waals surface area contributed by atoms with Crippen LogP contribution < -0.4 is 8.99 Å². The Bertz CT molecular complexity index is 1620. The molecule has 0 N–H and O–H groups in total. The summed E-state index contributed by atoms with van der Waals surface area (Å²) in [7, 11) is -2.07. The van der Waals surface area contributed by atoms with E-state index >= 15 is 0 Å². The first-order valence-electron chi connectivity index (χ1n) is 15.3. The first-order valence-corrected chi connectivity index (χ1v) is 17.4. The molecule has 0 aliphatic carbocycles. The molecule has 4 aromatic carbocycles. The minimum atomic E-state index is -2.07. The van der Waals surface area contributed by atoms with Gasteiger partial charge in [0.25, 0.3) is 8.32 Å². The van der Waals surface area contributed by atoms with E-state index in [1.807, 2.05) is 24.3 Å². The van der Waals surface area contributed by atoms with Crippen LogP contribution >= 0.6 is 0 Å².